The Labute approximate surface area is 222 Å². The third-order valence-electron chi connectivity index (χ3n) is 6.73. The highest BCUT2D eigenvalue weighted by Crippen LogP contribution is 2.28. The minimum atomic E-state index is -0.732. The van der Waals surface area contributed by atoms with Crippen LogP contribution in [0.1, 0.15) is 64.8 Å². The number of carbonyl (C=O) groups excluding carboxylic acids is 2. The number of hydrogen-bond donors (Lipinski definition) is 2. The third kappa shape index (κ3) is 7.93. The van der Waals surface area contributed by atoms with Crippen LogP contribution < -0.4 is 14.8 Å². The number of hydrogen-bond acceptors (Lipinski definition) is 5. The Bertz CT molecular complexity index is 1200. The Morgan fingerprint density at radius 3 is 2.08 bits per heavy atom. The average Bonchev–Trinajstić information content (AvgIpc) is 2.95. The molecule has 0 aromatic heterocycles. The largest absolute Gasteiger partial charge is 0.490 e. The summed E-state index contributed by atoms with van der Waals surface area (Å²) in [6.07, 6.45) is 3.56. The van der Waals surface area contributed by atoms with Gasteiger partial charge < -0.3 is 19.9 Å². The number of rotatable bonds is 12. The number of carboxylic acid groups (broad SMARTS) is 1. The highest BCUT2D eigenvalue weighted by molar-refractivity contribution is 5.96. The summed E-state index contributed by atoms with van der Waals surface area (Å²) in [4.78, 5) is 36.0. The Morgan fingerprint density at radius 1 is 0.789 bits per heavy atom. The van der Waals surface area contributed by atoms with Crippen LogP contribution in [0.4, 0.5) is 0 Å². The SMILES string of the molecule is O=C(CCCNC(=O)c1ccc(OCc2ccccc2)cc1)c1ccc(OC2CCC(C(=O)O)CC2)cc1. The Hall–Kier alpha value is -4.13. The van der Waals surface area contributed by atoms with Crippen molar-refractivity contribution in [3.8, 4) is 11.5 Å². The normalized spacial score (nSPS) is 16.8. The molecule has 1 aliphatic carbocycles. The van der Waals surface area contributed by atoms with Crippen LogP contribution in [0.25, 0.3) is 0 Å². The molecule has 0 heterocycles. The van der Waals surface area contributed by atoms with Crippen molar-refractivity contribution < 1.29 is 29.0 Å². The number of benzene rings is 3. The highest BCUT2D eigenvalue weighted by atomic mass is 16.5. The first-order chi connectivity index (χ1) is 18.5. The first kappa shape index (κ1) is 26.9. The fourth-order valence-electron chi connectivity index (χ4n) is 4.48. The molecule has 0 aliphatic heterocycles. The zero-order chi connectivity index (χ0) is 26.7. The summed E-state index contributed by atoms with van der Waals surface area (Å²) in [5, 5.41) is 12.0. The topological polar surface area (TPSA) is 102 Å². The van der Waals surface area contributed by atoms with E-state index in [-0.39, 0.29) is 23.7 Å². The lowest BCUT2D eigenvalue weighted by molar-refractivity contribution is -0.143. The summed E-state index contributed by atoms with van der Waals surface area (Å²) >= 11 is 0. The van der Waals surface area contributed by atoms with E-state index in [0.717, 1.165) is 18.4 Å². The van der Waals surface area contributed by atoms with Crippen molar-refractivity contribution >= 4 is 17.7 Å². The molecule has 1 aliphatic rings. The van der Waals surface area contributed by atoms with Crippen LogP contribution in [0.15, 0.2) is 78.9 Å². The van der Waals surface area contributed by atoms with Crippen molar-refractivity contribution in [2.75, 3.05) is 6.54 Å². The number of ketones is 1. The lowest BCUT2D eigenvalue weighted by Crippen LogP contribution is -2.27. The Kier molecular flexibility index (Phi) is 9.51. The van der Waals surface area contributed by atoms with E-state index in [0.29, 0.717) is 61.5 Å². The second-order valence-corrected chi connectivity index (χ2v) is 9.54. The van der Waals surface area contributed by atoms with Gasteiger partial charge in [-0.25, -0.2) is 0 Å². The lowest BCUT2D eigenvalue weighted by atomic mass is 9.87. The number of aliphatic carboxylic acids is 1. The molecule has 3 aromatic carbocycles. The van der Waals surface area contributed by atoms with E-state index in [4.69, 9.17) is 14.6 Å². The second kappa shape index (κ2) is 13.4. The first-order valence-corrected chi connectivity index (χ1v) is 13.1. The lowest BCUT2D eigenvalue weighted by Gasteiger charge is -2.26. The summed E-state index contributed by atoms with van der Waals surface area (Å²) < 4.78 is 11.7. The molecule has 4 rings (SSSR count). The van der Waals surface area contributed by atoms with Gasteiger partial charge in [0.15, 0.2) is 5.78 Å². The van der Waals surface area contributed by atoms with Gasteiger partial charge in [0.2, 0.25) is 0 Å². The minimum absolute atomic E-state index is 0.00711. The summed E-state index contributed by atoms with van der Waals surface area (Å²) in [6.45, 7) is 0.864. The summed E-state index contributed by atoms with van der Waals surface area (Å²) in [7, 11) is 0. The Morgan fingerprint density at radius 2 is 1.42 bits per heavy atom. The van der Waals surface area contributed by atoms with E-state index in [2.05, 4.69) is 5.32 Å². The van der Waals surface area contributed by atoms with Crippen LogP contribution in [0.3, 0.4) is 0 Å². The van der Waals surface area contributed by atoms with E-state index in [9.17, 15) is 14.4 Å². The molecule has 0 spiro atoms. The molecule has 0 unspecified atom stereocenters. The van der Waals surface area contributed by atoms with Gasteiger partial charge in [-0.3, -0.25) is 14.4 Å². The number of amides is 1. The number of nitrogens with one attached hydrogen (secondary N) is 1. The fourth-order valence-corrected chi connectivity index (χ4v) is 4.48. The predicted octanol–water partition coefficient (Wildman–Crippen LogP) is 5.68. The van der Waals surface area contributed by atoms with Gasteiger partial charge in [0.05, 0.1) is 12.0 Å². The monoisotopic (exact) mass is 515 g/mol. The number of carbonyl (C=O) groups is 3. The van der Waals surface area contributed by atoms with Gasteiger partial charge in [0.25, 0.3) is 5.91 Å². The van der Waals surface area contributed by atoms with E-state index < -0.39 is 5.97 Å². The standard InChI is InChI=1S/C31H33NO6/c33-29(23-8-16-27(17-9-23)38-28-18-12-25(13-19-28)31(35)36)7-4-20-32-30(34)24-10-14-26(15-11-24)37-21-22-5-2-1-3-6-22/h1-3,5-6,8-11,14-17,25,28H,4,7,12-13,18-21H2,(H,32,34)(H,35,36). The van der Waals surface area contributed by atoms with Crippen molar-refractivity contribution in [3.05, 3.63) is 95.6 Å². The van der Waals surface area contributed by atoms with Crippen LogP contribution >= 0.6 is 0 Å². The van der Waals surface area contributed by atoms with Crippen molar-refractivity contribution in [2.45, 2.75) is 51.2 Å². The quantitative estimate of drug-likeness (QED) is 0.238. The van der Waals surface area contributed by atoms with Gasteiger partial charge in [0, 0.05) is 24.1 Å². The highest BCUT2D eigenvalue weighted by Gasteiger charge is 2.26. The van der Waals surface area contributed by atoms with Crippen molar-refractivity contribution in [3.63, 3.8) is 0 Å². The minimum Gasteiger partial charge on any atom is -0.490 e. The fraction of sp³-hybridized carbons (Fsp3) is 0.323. The maximum Gasteiger partial charge on any atom is 0.306 e. The summed E-state index contributed by atoms with van der Waals surface area (Å²) in [5.41, 5.74) is 2.21. The molecular weight excluding hydrogens is 482 g/mol. The molecule has 1 fully saturated rings. The van der Waals surface area contributed by atoms with E-state index in [1.54, 1.807) is 48.5 Å². The number of carboxylic acids is 1. The molecule has 2 N–H and O–H groups in total. The molecule has 1 amide bonds. The van der Waals surface area contributed by atoms with Gasteiger partial charge in [-0.2, -0.15) is 0 Å². The van der Waals surface area contributed by atoms with Crippen LogP contribution in [-0.4, -0.2) is 35.4 Å². The smallest absolute Gasteiger partial charge is 0.306 e. The zero-order valence-electron chi connectivity index (χ0n) is 21.3. The van der Waals surface area contributed by atoms with Crippen molar-refractivity contribution in [1.29, 1.82) is 0 Å². The zero-order valence-corrected chi connectivity index (χ0v) is 21.3. The van der Waals surface area contributed by atoms with Gasteiger partial charge in [0.1, 0.15) is 18.1 Å². The van der Waals surface area contributed by atoms with Crippen molar-refractivity contribution in [2.24, 2.45) is 5.92 Å². The summed E-state index contributed by atoms with van der Waals surface area (Å²) in [6, 6.07) is 23.9. The molecule has 0 bridgehead atoms. The van der Waals surface area contributed by atoms with E-state index >= 15 is 0 Å². The van der Waals surface area contributed by atoms with Crippen molar-refractivity contribution in [1.82, 2.24) is 5.32 Å². The van der Waals surface area contributed by atoms with Gasteiger partial charge in [-0.1, -0.05) is 30.3 Å². The maximum atomic E-state index is 12.5. The number of Topliss-reactive ketones (excluding diaryl/α,β-unsaturated/α-hetero) is 1. The molecule has 0 atom stereocenters. The van der Waals surface area contributed by atoms with Gasteiger partial charge >= 0.3 is 5.97 Å². The predicted molar refractivity (Wildman–Crippen MR) is 144 cm³/mol. The van der Waals surface area contributed by atoms with E-state index in [1.807, 2.05) is 30.3 Å². The first-order valence-electron chi connectivity index (χ1n) is 13.1. The molecule has 7 heteroatoms. The van der Waals surface area contributed by atoms with Gasteiger partial charge in [-0.05, 0) is 86.2 Å². The van der Waals surface area contributed by atoms with Crippen LogP contribution in [0.2, 0.25) is 0 Å². The summed E-state index contributed by atoms with van der Waals surface area (Å²) in [5.74, 6) is 0.190. The molecular formula is C31H33NO6. The van der Waals surface area contributed by atoms with Crippen LogP contribution in [0.5, 0.6) is 11.5 Å². The molecule has 1 saturated carbocycles. The Balaban J connectivity index is 1.14. The molecule has 0 radical (unpaired) electrons. The number of ether oxygens (including phenoxy) is 2. The molecule has 198 valence electrons. The molecule has 0 saturated heterocycles. The van der Waals surface area contributed by atoms with E-state index in [1.165, 1.54) is 0 Å². The van der Waals surface area contributed by atoms with Crippen LogP contribution in [0, 0.1) is 5.92 Å². The van der Waals surface area contributed by atoms with Gasteiger partial charge in [-0.15, -0.1) is 0 Å². The second-order valence-electron chi connectivity index (χ2n) is 9.54. The average molecular weight is 516 g/mol. The maximum absolute atomic E-state index is 12.5. The van der Waals surface area contributed by atoms with Crippen LogP contribution in [-0.2, 0) is 11.4 Å². The molecule has 38 heavy (non-hydrogen) atoms. The third-order valence-corrected chi connectivity index (χ3v) is 6.73. The molecule has 7 nitrogen and oxygen atoms in total. The molecule has 3 aromatic rings.